The lowest BCUT2D eigenvalue weighted by atomic mass is 9.96. The number of nitrogens with two attached hydrogens (primary N) is 1. The number of carbonyl (C=O) groups excluding carboxylic acids is 3. The lowest BCUT2D eigenvalue weighted by Gasteiger charge is -2.26. The Labute approximate surface area is 159 Å². The number of ether oxygens (including phenoxy) is 1. The van der Waals surface area contributed by atoms with E-state index >= 15 is 0 Å². The summed E-state index contributed by atoms with van der Waals surface area (Å²) in [5.41, 5.74) is 6.15. The number of nitrogens with one attached hydrogen (secondary N) is 2. The molecule has 146 valence electrons. The highest BCUT2D eigenvalue weighted by atomic mass is 16.5. The third kappa shape index (κ3) is 7.36. The van der Waals surface area contributed by atoms with Crippen molar-refractivity contribution in [3.05, 3.63) is 35.9 Å². The zero-order valence-electron chi connectivity index (χ0n) is 15.8. The van der Waals surface area contributed by atoms with Gasteiger partial charge < -0.3 is 21.1 Å². The van der Waals surface area contributed by atoms with Gasteiger partial charge in [0.25, 0.3) is 0 Å². The second kappa shape index (κ2) is 10.8. The third-order valence-corrected chi connectivity index (χ3v) is 4.02. The molecule has 0 saturated heterocycles. The SMILES string of the molecule is CC(C)[C@@H](NC(=O)OCc1ccccc1)C(=O)N[C@H](C(N)=O)[C@H](C)CC#N. The fourth-order valence-corrected chi connectivity index (χ4v) is 2.43. The normalized spacial score (nSPS) is 13.7. The van der Waals surface area contributed by atoms with Crippen LogP contribution in [-0.4, -0.2) is 30.0 Å². The van der Waals surface area contributed by atoms with Crippen LogP contribution in [-0.2, 0) is 20.9 Å². The Morgan fingerprint density at radius 2 is 1.74 bits per heavy atom. The first-order valence-electron chi connectivity index (χ1n) is 8.70. The topological polar surface area (TPSA) is 134 Å². The van der Waals surface area contributed by atoms with Crippen molar-refractivity contribution < 1.29 is 19.1 Å². The van der Waals surface area contributed by atoms with E-state index in [9.17, 15) is 14.4 Å². The van der Waals surface area contributed by atoms with Crippen molar-refractivity contribution in [2.45, 2.75) is 45.9 Å². The largest absolute Gasteiger partial charge is 0.445 e. The summed E-state index contributed by atoms with van der Waals surface area (Å²) in [5, 5.41) is 13.8. The Hall–Kier alpha value is -3.08. The molecule has 8 heteroatoms. The van der Waals surface area contributed by atoms with Crippen molar-refractivity contribution in [1.82, 2.24) is 10.6 Å². The average molecular weight is 374 g/mol. The van der Waals surface area contributed by atoms with Gasteiger partial charge in [0.1, 0.15) is 18.7 Å². The van der Waals surface area contributed by atoms with Gasteiger partial charge >= 0.3 is 6.09 Å². The van der Waals surface area contributed by atoms with Crippen LogP contribution >= 0.6 is 0 Å². The summed E-state index contributed by atoms with van der Waals surface area (Å²) >= 11 is 0. The smallest absolute Gasteiger partial charge is 0.408 e. The molecule has 0 heterocycles. The van der Waals surface area contributed by atoms with Gasteiger partial charge in [0.2, 0.25) is 11.8 Å². The monoisotopic (exact) mass is 374 g/mol. The molecular formula is C19H26N4O4. The second-order valence-corrected chi connectivity index (χ2v) is 6.66. The van der Waals surface area contributed by atoms with Gasteiger partial charge in [0.05, 0.1) is 6.07 Å². The first kappa shape index (κ1) is 22.0. The van der Waals surface area contributed by atoms with Crippen LogP contribution in [0.4, 0.5) is 4.79 Å². The summed E-state index contributed by atoms with van der Waals surface area (Å²) < 4.78 is 5.13. The first-order chi connectivity index (χ1) is 12.8. The Morgan fingerprint density at radius 1 is 1.11 bits per heavy atom. The molecule has 0 bridgehead atoms. The Morgan fingerprint density at radius 3 is 2.26 bits per heavy atom. The fourth-order valence-electron chi connectivity index (χ4n) is 2.43. The van der Waals surface area contributed by atoms with E-state index < -0.39 is 35.9 Å². The molecule has 3 amide bonds. The van der Waals surface area contributed by atoms with Crippen LogP contribution < -0.4 is 16.4 Å². The molecule has 27 heavy (non-hydrogen) atoms. The van der Waals surface area contributed by atoms with Crippen LogP contribution in [0.2, 0.25) is 0 Å². The number of benzene rings is 1. The van der Waals surface area contributed by atoms with Crippen molar-refractivity contribution in [3.63, 3.8) is 0 Å². The molecule has 0 fully saturated rings. The summed E-state index contributed by atoms with van der Waals surface area (Å²) in [5.74, 6) is -2.00. The van der Waals surface area contributed by atoms with E-state index in [1.807, 2.05) is 36.4 Å². The number of carbonyl (C=O) groups is 3. The zero-order chi connectivity index (χ0) is 20.4. The predicted octanol–water partition coefficient (Wildman–Crippen LogP) is 1.46. The van der Waals surface area contributed by atoms with E-state index in [-0.39, 0.29) is 18.9 Å². The summed E-state index contributed by atoms with van der Waals surface area (Å²) in [6, 6.07) is 9.16. The van der Waals surface area contributed by atoms with Crippen LogP contribution in [0, 0.1) is 23.2 Å². The van der Waals surface area contributed by atoms with Crippen LogP contribution in [0.25, 0.3) is 0 Å². The second-order valence-electron chi connectivity index (χ2n) is 6.66. The van der Waals surface area contributed by atoms with Crippen molar-refractivity contribution in [2.75, 3.05) is 0 Å². The average Bonchev–Trinajstić information content (AvgIpc) is 2.62. The third-order valence-electron chi connectivity index (χ3n) is 4.02. The molecule has 1 aromatic carbocycles. The van der Waals surface area contributed by atoms with E-state index in [4.69, 9.17) is 15.7 Å². The Bertz CT molecular complexity index is 685. The molecule has 8 nitrogen and oxygen atoms in total. The lowest BCUT2D eigenvalue weighted by Crippen LogP contribution is -2.56. The molecule has 1 rings (SSSR count). The Balaban J connectivity index is 2.70. The van der Waals surface area contributed by atoms with Gasteiger partial charge in [0, 0.05) is 6.42 Å². The maximum Gasteiger partial charge on any atom is 0.408 e. The molecule has 0 aliphatic carbocycles. The molecule has 0 aliphatic rings. The van der Waals surface area contributed by atoms with E-state index in [0.717, 1.165) is 5.56 Å². The van der Waals surface area contributed by atoms with Gasteiger partial charge in [-0.2, -0.15) is 5.26 Å². The molecule has 0 radical (unpaired) electrons. The number of alkyl carbamates (subject to hydrolysis) is 1. The number of nitriles is 1. The van der Waals surface area contributed by atoms with Gasteiger partial charge in [-0.1, -0.05) is 51.1 Å². The number of hydrogen-bond donors (Lipinski definition) is 3. The van der Waals surface area contributed by atoms with Gasteiger partial charge in [-0.25, -0.2) is 4.79 Å². The first-order valence-corrected chi connectivity index (χ1v) is 8.70. The van der Waals surface area contributed by atoms with Gasteiger partial charge in [-0.05, 0) is 17.4 Å². The standard InChI is InChI=1S/C19H26N4O4/c1-12(2)15(18(25)22-16(17(21)24)13(3)9-10-20)23-19(26)27-11-14-7-5-4-6-8-14/h4-8,12-13,15-16H,9,11H2,1-3H3,(H2,21,24)(H,22,25)(H,23,26)/t13-,15-,16+/m1/s1. The predicted molar refractivity (Wildman–Crippen MR) is 98.9 cm³/mol. The highest BCUT2D eigenvalue weighted by molar-refractivity contribution is 5.91. The Kier molecular flexibility index (Phi) is 8.79. The maximum atomic E-state index is 12.5. The minimum Gasteiger partial charge on any atom is -0.445 e. The number of amides is 3. The minimum absolute atomic E-state index is 0.0623. The van der Waals surface area contributed by atoms with E-state index in [1.54, 1.807) is 20.8 Å². The molecule has 3 atom stereocenters. The van der Waals surface area contributed by atoms with E-state index in [0.29, 0.717) is 0 Å². The van der Waals surface area contributed by atoms with Crippen molar-refractivity contribution in [3.8, 4) is 6.07 Å². The molecule has 0 saturated carbocycles. The van der Waals surface area contributed by atoms with Crippen LogP contribution in [0.15, 0.2) is 30.3 Å². The fraction of sp³-hybridized carbons (Fsp3) is 0.474. The molecule has 0 spiro atoms. The minimum atomic E-state index is -1.000. The van der Waals surface area contributed by atoms with Crippen molar-refractivity contribution in [2.24, 2.45) is 17.6 Å². The van der Waals surface area contributed by atoms with Gasteiger partial charge in [-0.3, -0.25) is 9.59 Å². The van der Waals surface area contributed by atoms with Crippen LogP contribution in [0.3, 0.4) is 0 Å². The lowest BCUT2D eigenvalue weighted by molar-refractivity contribution is -0.130. The summed E-state index contributed by atoms with van der Waals surface area (Å²) in [4.78, 5) is 36.2. The molecule has 1 aromatic rings. The molecule has 0 aromatic heterocycles. The van der Waals surface area contributed by atoms with Gasteiger partial charge in [-0.15, -0.1) is 0 Å². The summed E-state index contributed by atoms with van der Waals surface area (Å²) in [6.07, 6.45) is -0.680. The molecular weight excluding hydrogens is 348 g/mol. The summed E-state index contributed by atoms with van der Waals surface area (Å²) in [6.45, 7) is 5.21. The number of rotatable bonds is 9. The van der Waals surface area contributed by atoms with E-state index in [2.05, 4.69) is 10.6 Å². The number of nitrogens with zero attached hydrogens (tertiary/aromatic N) is 1. The number of primary amides is 1. The maximum absolute atomic E-state index is 12.5. The van der Waals surface area contributed by atoms with E-state index in [1.165, 1.54) is 0 Å². The quantitative estimate of drug-likeness (QED) is 0.601. The highest BCUT2D eigenvalue weighted by Gasteiger charge is 2.30. The van der Waals surface area contributed by atoms with Crippen LogP contribution in [0.1, 0.15) is 32.8 Å². The van der Waals surface area contributed by atoms with Gasteiger partial charge in [0.15, 0.2) is 0 Å². The summed E-state index contributed by atoms with van der Waals surface area (Å²) in [7, 11) is 0. The molecule has 4 N–H and O–H groups in total. The highest BCUT2D eigenvalue weighted by Crippen LogP contribution is 2.10. The van der Waals surface area contributed by atoms with Crippen molar-refractivity contribution in [1.29, 1.82) is 5.26 Å². The molecule has 0 aliphatic heterocycles. The van der Waals surface area contributed by atoms with Crippen LogP contribution in [0.5, 0.6) is 0 Å². The zero-order valence-corrected chi connectivity index (χ0v) is 15.8. The number of hydrogen-bond acceptors (Lipinski definition) is 5. The van der Waals surface area contributed by atoms with Crippen molar-refractivity contribution >= 4 is 17.9 Å². The molecule has 0 unspecified atom stereocenters.